The largest absolute Gasteiger partial charge is 0.388 e. The predicted octanol–water partition coefficient (Wildman–Crippen LogP) is 0.324. The highest BCUT2D eigenvalue weighted by atomic mass is 16.3. The summed E-state index contributed by atoms with van der Waals surface area (Å²) in [7, 11) is 0. The lowest BCUT2D eigenvalue weighted by Gasteiger charge is -2.44. The van der Waals surface area contributed by atoms with Crippen molar-refractivity contribution in [2.24, 2.45) is 5.73 Å². The summed E-state index contributed by atoms with van der Waals surface area (Å²) in [6, 6.07) is 0.822. The van der Waals surface area contributed by atoms with E-state index in [9.17, 15) is 5.11 Å². The minimum atomic E-state index is -0.555. The molecule has 0 aromatic carbocycles. The molecule has 2 fully saturated rings. The fourth-order valence-corrected chi connectivity index (χ4v) is 2.26. The van der Waals surface area contributed by atoms with Crippen molar-refractivity contribution >= 4 is 0 Å². The third-order valence-electron chi connectivity index (χ3n) is 3.70. The summed E-state index contributed by atoms with van der Waals surface area (Å²) in [6.45, 7) is 2.50. The molecule has 0 amide bonds. The Morgan fingerprint density at radius 1 is 1.31 bits per heavy atom. The first-order valence-electron chi connectivity index (χ1n) is 5.40. The van der Waals surface area contributed by atoms with Gasteiger partial charge in [-0.05, 0) is 25.7 Å². The van der Waals surface area contributed by atoms with E-state index in [-0.39, 0.29) is 0 Å². The van der Waals surface area contributed by atoms with Gasteiger partial charge in [-0.15, -0.1) is 0 Å². The molecular formula is C10H20N2O. The first-order chi connectivity index (χ1) is 6.23. The topological polar surface area (TPSA) is 49.5 Å². The van der Waals surface area contributed by atoms with E-state index < -0.39 is 5.60 Å². The number of nitrogens with zero attached hydrogens (tertiary/aromatic N) is 1. The van der Waals surface area contributed by atoms with Gasteiger partial charge in [-0.1, -0.05) is 6.42 Å². The van der Waals surface area contributed by atoms with Crippen LogP contribution in [-0.4, -0.2) is 41.3 Å². The van der Waals surface area contributed by atoms with Crippen LogP contribution in [0, 0.1) is 0 Å². The number of rotatable bonds is 2. The van der Waals surface area contributed by atoms with Gasteiger partial charge in [0, 0.05) is 25.7 Å². The van der Waals surface area contributed by atoms with Crippen LogP contribution in [0.4, 0.5) is 0 Å². The predicted molar refractivity (Wildman–Crippen MR) is 52.5 cm³/mol. The van der Waals surface area contributed by atoms with E-state index in [2.05, 4.69) is 4.90 Å². The van der Waals surface area contributed by atoms with Crippen LogP contribution >= 0.6 is 0 Å². The molecule has 0 bridgehead atoms. The highest BCUT2D eigenvalue weighted by molar-refractivity contribution is 4.90. The van der Waals surface area contributed by atoms with E-state index >= 15 is 0 Å². The molecule has 2 rings (SSSR count). The molecule has 1 heterocycles. The molecule has 0 aromatic heterocycles. The van der Waals surface area contributed by atoms with Gasteiger partial charge in [0.2, 0.25) is 0 Å². The van der Waals surface area contributed by atoms with E-state index in [1.54, 1.807) is 0 Å². The van der Waals surface area contributed by atoms with Crippen LogP contribution in [0.25, 0.3) is 0 Å². The molecule has 76 valence electrons. The van der Waals surface area contributed by atoms with Gasteiger partial charge in [-0.25, -0.2) is 0 Å². The Morgan fingerprint density at radius 2 is 1.92 bits per heavy atom. The maximum atomic E-state index is 9.92. The molecule has 1 saturated heterocycles. The van der Waals surface area contributed by atoms with Crippen LogP contribution in [0.1, 0.15) is 32.1 Å². The molecule has 1 aliphatic carbocycles. The summed E-state index contributed by atoms with van der Waals surface area (Å²) in [5.41, 5.74) is 4.98. The van der Waals surface area contributed by atoms with Gasteiger partial charge in [-0.2, -0.15) is 0 Å². The van der Waals surface area contributed by atoms with Crippen LogP contribution in [0.5, 0.6) is 0 Å². The number of hydrogen-bond acceptors (Lipinski definition) is 3. The lowest BCUT2D eigenvalue weighted by molar-refractivity contribution is -0.0331. The fraction of sp³-hybridized carbons (Fsp3) is 1.00. The molecule has 3 nitrogen and oxygen atoms in total. The molecule has 0 atom stereocenters. The van der Waals surface area contributed by atoms with E-state index in [1.807, 2.05) is 0 Å². The molecule has 0 radical (unpaired) electrons. The highest BCUT2D eigenvalue weighted by Gasteiger charge is 2.34. The summed E-state index contributed by atoms with van der Waals surface area (Å²) in [6.07, 6.45) is 5.84. The number of likely N-dealkylation sites (tertiary alicyclic amines) is 1. The van der Waals surface area contributed by atoms with Crippen molar-refractivity contribution in [3.63, 3.8) is 0 Å². The zero-order chi connectivity index (χ0) is 9.31. The van der Waals surface area contributed by atoms with Crippen molar-refractivity contribution in [3.8, 4) is 0 Å². The number of piperidine rings is 1. The molecular weight excluding hydrogens is 164 g/mol. The van der Waals surface area contributed by atoms with Crippen LogP contribution in [0.2, 0.25) is 0 Å². The average Bonchev–Trinajstić information content (AvgIpc) is 2.06. The molecule has 3 N–H and O–H groups in total. The van der Waals surface area contributed by atoms with Crippen molar-refractivity contribution in [3.05, 3.63) is 0 Å². The van der Waals surface area contributed by atoms with E-state index in [4.69, 9.17) is 5.73 Å². The Balaban J connectivity index is 1.81. The van der Waals surface area contributed by atoms with E-state index in [0.717, 1.165) is 32.0 Å². The lowest BCUT2D eigenvalue weighted by Crippen LogP contribution is -2.52. The van der Waals surface area contributed by atoms with Gasteiger partial charge in [0.15, 0.2) is 0 Å². The Kier molecular flexibility index (Phi) is 2.58. The van der Waals surface area contributed by atoms with E-state index in [0.29, 0.717) is 6.54 Å². The van der Waals surface area contributed by atoms with Crippen LogP contribution in [0.15, 0.2) is 0 Å². The lowest BCUT2D eigenvalue weighted by atomic mass is 9.86. The second-order valence-electron chi connectivity index (χ2n) is 4.55. The summed E-state index contributed by atoms with van der Waals surface area (Å²) in [5.74, 6) is 0. The summed E-state index contributed by atoms with van der Waals surface area (Å²) < 4.78 is 0. The molecule has 0 unspecified atom stereocenters. The molecule has 1 aliphatic heterocycles. The van der Waals surface area contributed by atoms with Crippen molar-refractivity contribution in [1.29, 1.82) is 0 Å². The third-order valence-corrected chi connectivity index (χ3v) is 3.70. The number of hydrogen-bond donors (Lipinski definition) is 2. The Bertz CT molecular complexity index is 172. The third kappa shape index (κ3) is 1.87. The second-order valence-corrected chi connectivity index (χ2v) is 4.55. The van der Waals surface area contributed by atoms with Gasteiger partial charge < -0.3 is 15.7 Å². The van der Waals surface area contributed by atoms with Crippen LogP contribution in [0.3, 0.4) is 0 Å². The molecule has 0 aromatic rings. The Labute approximate surface area is 79.9 Å². The van der Waals surface area contributed by atoms with Crippen molar-refractivity contribution in [2.45, 2.75) is 43.7 Å². The Hall–Kier alpha value is -0.120. The fourth-order valence-electron chi connectivity index (χ4n) is 2.26. The summed E-state index contributed by atoms with van der Waals surface area (Å²) in [4.78, 5) is 2.52. The van der Waals surface area contributed by atoms with E-state index in [1.165, 1.54) is 19.3 Å². The van der Waals surface area contributed by atoms with Crippen LogP contribution in [-0.2, 0) is 0 Å². The molecule has 13 heavy (non-hydrogen) atoms. The van der Waals surface area contributed by atoms with Crippen molar-refractivity contribution < 1.29 is 5.11 Å². The molecule has 1 saturated carbocycles. The normalized spacial score (nSPS) is 30.0. The maximum absolute atomic E-state index is 9.92. The molecule has 2 aliphatic rings. The Morgan fingerprint density at radius 3 is 2.31 bits per heavy atom. The van der Waals surface area contributed by atoms with Gasteiger partial charge in [0.05, 0.1) is 5.60 Å². The van der Waals surface area contributed by atoms with Crippen LogP contribution < -0.4 is 5.73 Å². The smallest absolute Gasteiger partial charge is 0.0793 e. The summed E-state index contributed by atoms with van der Waals surface area (Å²) in [5, 5.41) is 9.92. The summed E-state index contributed by atoms with van der Waals surface area (Å²) >= 11 is 0. The standard InChI is InChI=1S/C10H20N2O/c11-8-10(13)4-6-12(7-5-10)9-2-1-3-9/h9,13H,1-8,11H2. The molecule has 3 heteroatoms. The molecule has 0 spiro atoms. The van der Waals surface area contributed by atoms with Gasteiger partial charge in [0.1, 0.15) is 0 Å². The quantitative estimate of drug-likeness (QED) is 0.650. The highest BCUT2D eigenvalue weighted by Crippen LogP contribution is 2.30. The monoisotopic (exact) mass is 184 g/mol. The maximum Gasteiger partial charge on any atom is 0.0793 e. The first-order valence-corrected chi connectivity index (χ1v) is 5.40. The zero-order valence-corrected chi connectivity index (χ0v) is 8.21. The second kappa shape index (κ2) is 3.56. The van der Waals surface area contributed by atoms with Gasteiger partial charge >= 0.3 is 0 Å². The van der Waals surface area contributed by atoms with Crippen molar-refractivity contribution in [1.82, 2.24) is 4.90 Å². The SMILES string of the molecule is NCC1(O)CCN(C2CCC2)CC1. The average molecular weight is 184 g/mol. The number of aliphatic hydroxyl groups is 1. The van der Waals surface area contributed by atoms with Crippen molar-refractivity contribution in [2.75, 3.05) is 19.6 Å². The minimum absolute atomic E-state index is 0.422. The number of nitrogens with two attached hydrogens (primary N) is 1. The zero-order valence-electron chi connectivity index (χ0n) is 8.21. The first kappa shape index (κ1) is 9.44. The van der Waals surface area contributed by atoms with Gasteiger partial charge in [0.25, 0.3) is 0 Å². The van der Waals surface area contributed by atoms with Gasteiger partial charge in [-0.3, -0.25) is 0 Å². The minimum Gasteiger partial charge on any atom is -0.388 e.